The molecule has 0 bridgehead atoms. The molecule has 0 aromatic heterocycles. The average molecular weight is 620 g/mol. The van der Waals surface area contributed by atoms with Gasteiger partial charge in [0.25, 0.3) is 0 Å². The van der Waals surface area contributed by atoms with E-state index in [1.54, 1.807) is 0 Å². The van der Waals surface area contributed by atoms with E-state index in [0.29, 0.717) is 0 Å². The molecule has 6 aromatic carbocycles. The molecule has 0 amide bonds. The summed E-state index contributed by atoms with van der Waals surface area (Å²) < 4.78 is 0. The van der Waals surface area contributed by atoms with E-state index in [2.05, 4.69) is 209 Å². The minimum Gasteiger partial charge on any atom is -0.345 e. The molecular weight excluding hydrogens is 571 g/mol. The number of hydrogen-bond donors (Lipinski definition) is 0. The van der Waals surface area contributed by atoms with E-state index in [0.717, 1.165) is 6.42 Å². The first-order chi connectivity index (χ1) is 22.7. The van der Waals surface area contributed by atoms with Crippen molar-refractivity contribution in [1.82, 2.24) is 0 Å². The van der Waals surface area contributed by atoms with Crippen molar-refractivity contribution < 1.29 is 0 Å². The zero-order chi connectivity index (χ0) is 33.6. The second-order valence-electron chi connectivity index (χ2n) is 11.9. The quantitative estimate of drug-likeness (QED) is 0.176. The van der Waals surface area contributed by atoms with E-state index in [1.165, 1.54) is 56.4 Å². The monoisotopic (exact) mass is 619 g/mol. The molecule has 6 rings (SSSR count). The van der Waals surface area contributed by atoms with Gasteiger partial charge in [-0.1, -0.05) is 109 Å². The highest BCUT2D eigenvalue weighted by Gasteiger charge is 2.04. The van der Waals surface area contributed by atoms with Crippen molar-refractivity contribution in [3.05, 3.63) is 180 Å². The Morgan fingerprint density at radius 1 is 0.319 bits per heavy atom. The first-order valence-electron chi connectivity index (χ1n) is 16.4. The van der Waals surface area contributed by atoms with Crippen LogP contribution >= 0.6 is 0 Å². The molecule has 240 valence electrons. The van der Waals surface area contributed by atoms with Crippen molar-refractivity contribution in [2.75, 3.05) is 35.8 Å². The number of benzene rings is 6. The summed E-state index contributed by atoms with van der Waals surface area (Å²) in [4.78, 5) is 6.57. The van der Waals surface area contributed by atoms with Gasteiger partial charge in [-0.3, -0.25) is 0 Å². The van der Waals surface area contributed by atoms with Crippen molar-refractivity contribution in [2.24, 2.45) is 0 Å². The summed E-state index contributed by atoms with van der Waals surface area (Å²) in [5, 5.41) is 0. The van der Waals surface area contributed by atoms with Crippen molar-refractivity contribution in [2.45, 2.75) is 34.1 Å². The first-order valence-corrected chi connectivity index (χ1v) is 16.4. The Morgan fingerprint density at radius 3 is 0.809 bits per heavy atom. The molecular formula is C44H49N3. The molecule has 0 N–H and O–H groups in total. The molecule has 0 aliphatic rings. The van der Waals surface area contributed by atoms with Crippen LogP contribution in [0.3, 0.4) is 0 Å². The Kier molecular flexibility index (Phi) is 12.8. The molecule has 0 spiro atoms. The molecule has 0 saturated carbocycles. The van der Waals surface area contributed by atoms with E-state index in [4.69, 9.17) is 0 Å². The maximum atomic E-state index is 2.21. The topological polar surface area (TPSA) is 9.72 Å². The van der Waals surface area contributed by atoms with Crippen LogP contribution in [0.5, 0.6) is 0 Å². The van der Waals surface area contributed by atoms with E-state index in [1.807, 2.05) is 12.1 Å². The second-order valence-corrected chi connectivity index (χ2v) is 11.9. The third kappa shape index (κ3) is 10.4. The lowest BCUT2D eigenvalue weighted by Crippen LogP contribution is -2.09. The second kappa shape index (κ2) is 17.4. The SMILES string of the molecule is CCc1ccc(N(C)c2ccc(C)cc2)cc1.CN(c1ccccc1)c1ccccc1.Cc1ccc(N(C)c2ccc(C)cc2)cc1. The van der Waals surface area contributed by atoms with E-state index < -0.39 is 0 Å². The third-order valence-electron chi connectivity index (χ3n) is 8.28. The highest BCUT2D eigenvalue weighted by molar-refractivity contribution is 5.64. The van der Waals surface area contributed by atoms with Crippen molar-refractivity contribution in [3.8, 4) is 0 Å². The van der Waals surface area contributed by atoms with Gasteiger partial charge in [-0.25, -0.2) is 0 Å². The summed E-state index contributed by atoms with van der Waals surface area (Å²) in [6.07, 6.45) is 1.09. The fourth-order valence-corrected chi connectivity index (χ4v) is 5.01. The Bertz CT molecular complexity index is 1640. The third-order valence-corrected chi connectivity index (χ3v) is 8.28. The number of hydrogen-bond acceptors (Lipinski definition) is 3. The summed E-state index contributed by atoms with van der Waals surface area (Å²) in [6.45, 7) is 8.50. The van der Waals surface area contributed by atoms with Crippen LogP contribution in [-0.2, 0) is 6.42 Å². The van der Waals surface area contributed by atoms with Gasteiger partial charge in [-0.15, -0.1) is 0 Å². The predicted molar refractivity (Wildman–Crippen MR) is 206 cm³/mol. The zero-order valence-corrected chi connectivity index (χ0v) is 29.1. The van der Waals surface area contributed by atoms with Gasteiger partial charge < -0.3 is 14.7 Å². The molecule has 0 saturated heterocycles. The molecule has 0 radical (unpaired) electrons. The fraction of sp³-hybridized carbons (Fsp3) is 0.182. The summed E-state index contributed by atoms with van der Waals surface area (Å²) in [7, 11) is 6.27. The lowest BCUT2D eigenvalue weighted by atomic mass is 10.1. The van der Waals surface area contributed by atoms with E-state index in [9.17, 15) is 0 Å². The summed E-state index contributed by atoms with van der Waals surface area (Å²) in [5.74, 6) is 0. The molecule has 0 aliphatic carbocycles. The van der Waals surface area contributed by atoms with E-state index >= 15 is 0 Å². The predicted octanol–water partition coefficient (Wildman–Crippen LogP) is 11.9. The Morgan fingerprint density at radius 2 is 0.553 bits per heavy atom. The van der Waals surface area contributed by atoms with Gasteiger partial charge in [0.05, 0.1) is 0 Å². The molecule has 47 heavy (non-hydrogen) atoms. The number of nitrogens with zero attached hydrogens (tertiary/aromatic N) is 3. The van der Waals surface area contributed by atoms with Crippen LogP contribution in [-0.4, -0.2) is 21.1 Å². The maximum Gasteiger partial charge on any atom is 0.0408 e. The molecule has 0 fully saturated rings. The van der Waals surface area contributed by atoms with Crippen LogP contribution in [0.25, 0.3) is 0 Å². The van der Waals surface area contributed by atoms with Crippen LogP contribution in [0.15, 0.2) is 158 Å². The number of aryl methyl sites for hydroxylation is 4. The Hall–Kier alpha value is -5.28. The van der Waals surface area contributed by atoms with Gasteiger partial charge in [-0.05, 0) is 106 Å². The number of anilines is 6. The number of rotatable bonds is 7. The molecule has 0 heterocycles. The zero-order valence-electron chi connectivity index (χ0n) is 29.1. The summed E-state index contributed by atoms with van der Waals surface area (Å²) in [5.41, 5.74) is 12.6. The summed E-state index contributed by atoms with van der Waals surface area (Å²) in [6, 6.07) is 55.2. The summed E-state index contributed by atoms with van der Waals surface area (Å²) >= 11 is 0. The normalized spacial score (nSPS) is 10.1. The smallest absolute Gasteiger partial charge is 0.0408 e. The molecule has 3 heteroatoms. The van der Waals surface area contributed by atoms with E-state index in [-0.39, 0.29) is 0 Å². The molecule has 6 aromatic rings. The lowest BCUT2D eigenvalue weighted by molar-refractivity contribution is 1.13. The Labute approximate surface area is 283 Å². The first kappa shape index (κ1) is 34.6. The van der Waals surface area contributed by atoms with Crippen molar-refractivity contribution in [1.29, 1.82) is 0 Å². The van der Waals surface area contributed by atoms with Crippen molar-refractivity contribution in [3.63, 3.8) is 0 Å². The van der Waals surface area contributed by atoms with Crippen LogP contribution in [0, 0.1) is 20.8 Å². The van der Waals surface area contributed by atoms with Gasteiger partial charge in [0.1, 0.15) is 0 Å². The van der Waals surface area contributed by atoms with Gasteiger partial charge in [0, 0.05) is 55.3 Å². The molecule has 0 atom stereocenters. The van der Waals surface area contributed by atoms with Crippen LogP contribution in [0.2, 0.25) is 0 Å². The van der Waals surface area contributed by atoms with Gasteiger partial charge in [0.2, 0.25) is 0 Å². The van der Waals surface area contributed by atoms with Crippen LogP contribution in [0.1, 0.15) is 29.2 Å². The van der Waals surface area contributed by atoms with Gasteiger partial charge in [-0.2, -0.15) is 0 Å². The average Bonchev–Trinajstić information content (AvgIpc) is 3.13. The standard InChI is InChI=1S/C16H19N.C15H17N.C13H13N/c1-4-14-7-11-16(12-8-14)17(3)15-9-5-13(2)6-10-15;1-12-4-8-14(9-5-12)16(3)15-10-6-13(2)7-11-15;1-14(12-8-4-2-5-9-12)13-10-6-3-7-11-13/h5-12H,4H2,1-3H3;4-11H,1-3H3;2-11H,1H3. The van der Waals surface area contributed by atoms with Crippen LogP contribution in [0.4, 0.5) is 34.1 Å². The maximum absolute atomic E-state index is 2.21. The minimum atomic E-state index is 1.09. The molecule has 0 unspecified atom stereocenters. The lowest BCUT2D eigenvalue weighted by Gasteiger charge is -2.20. The van der Waals surface area contributed by atoms with Crippen molar-refractivity contribution >= 4 is 34.1 Å². The largest absolute Gasteiger partial charge is 0.345 e. The highest BCUT2D eigenvalue weighted by Crippen LogP contribution is 2.25. The van der Waals surface area contributed by atoms with Gasteiger partial charge in [0.15, 0.2) is 0 Å². The Balaban J connectivity index is 0.000000160. The molecule has 3 nitrogen and oxygen atoms in total. The van der Waals surface area contributed by atoms with Gasteiger partial charge >= 0.3 is 0 Å². The number of para-hydroxylation sites is 2. The minimum absolute atomic E-state index is 1.09. The fourth-order valence-electron chi connectivity index (χ4n) is 5.01. The van der Waals surface area contributed by atoms with Crippen LogP contribution < -0.4 is 14.7 Å². The highest BCUT2D eigenvalue weighted by atomic mass is 15.1. The molecule has 0 aliphatic heterocycles.